The van der Waals surface area contributed by atoms with Crippen LogP contribution in [-0.4, -0.2) is 19.9 Å². The van der Waals surface area contributed by atoms with E-state index in [2.05, 4.69) is 4.98 Å². The summed E-state index contributed by atoms with van der Waals surface area (Å²) in [5.74, 6) is -1.02. The first-order valence-corrected chi connectivity index (χ1v) is 8.33. The van der Waals surface area contributed by atoms with Crippen molar-refractivity contribution in [1.82, 2.24) is 14.0 Å². The van der Waals surface area contributed by atoms with Gasteiger partial charge in [-0.25, -0.2) is 9.78 Å². The normalized spacial score (nSPS) is 11.1. The maximum Gasteiger partial charge on any atom is 0.419 e. The Bertz CT molecular complexity index is 1250. The molecule has 0 aliphatic carbocycles. The van der Waals surface area contributed by atoms with Crippen LogP contribution in [0.4, 0.5) is 0 Å². The predicted molar refractivity (Wildman–Crippen MR) is 96.3 cm³/mol. The molecule has 27 heavy (non-hydrogen) atoms. The Labute approximate surface area is 152 Å². The molecule has 136 valence electrons. The van der Waals surface area contributed by atoms with Crippen molar-refractivity contribution in [3.63, 3.8) is 0 Å². The summed E-state index contributed by atoms with van der Waals surface area (Å²) in [5, 5.41) is 0. The highest BCUT2D eigenvalue weighted by atomic mass is 16.5. The van der Waals surface area contributed by atoms with Crippen LogP contribution in [0.3, 0.4) is 0 Å². The lowest BCUT2D eigenvalue weighted by molar-refractivity contribution is -0.145. The number of rotatable bonds is 5. The zero-order chi connectivity index (χ0) is 18.8. The maximum absolute atomic E-state index is 12.0. The van der Waals surface area contributed by atoms with E-state index in [1.54, 1.807) is 48.7 Å². The average Bonchev–Trinajstić information content (AvgIpc) is 3.00. The fourth-order valence-electron chi connectivity index (χ4n) is 2.83. The average molecular weight is 365 g/mol. The number of oxazole rings is 1. The smallest absolute Gasteiger partial charge is 0.419 e. The molecule has 0 aliphatic rings. The van der Waals surface area contributed by atoms with Crippen molar-refractivity contribution < 1.29 is 13.9 Å². The third-order valence-electron chi connectivity index (χ3n) is 4.12. The molecule has 0 spiro atoms. The molecule has 3 aromatic heterocycles. The number of hydrogen-bond acceptors (Lipinski definition) is 6. The Kier molecular flexibility index (Phi) is 4.29. The molecule has 0 saturated heterocycles. The van der Waals surface area contributed by atoms with Crippen LogP contribution in [0.15, 0.2) is 68.7 Å². The Morgan fingerprint density at radius 3 is 2.81 bits per heavy atom. The number of esters is 1. The lowest BCUT2D eigenvalue weighted by Gasteiger charge is -2.06. The van der Waals surface area contributed by atoms with Crippen LogP contribution in [0.2, 0.25) is 0 Å². The molecule has 4 aromatic rings. The summed E-state index contributed by atoms with van der Waals surface area (Å²) in [7, 11) is 0. The van der Waals surface area contributed by atoms with Gasteiger partial charge in [0.1, 0.15) is 12.3 Å². The topological polar surface area (TPSA) is 95.8 Å². The molecule has 3 heterocycles. The van der Waals surface area contributed by atoms with Crippen molar-refractivity contribution in [1.29, 1.82) is 0 Å². The molecule has 0 bridgehead atoms. The zero-order valence-electron chi connectivity index (χ0n) is 14.2. The van der Waals surface area contributed by atoms with Crippen molar-refractivity contribution in [2.24, 2.45) is 0 Å². The van der Waals surface area contributed by atoms with E-state index >= 15 is 0 Å². The number of pyridine rings is 1. The third-order valence-corrected chi connectivity index (χ3v) is 4.12. The van der Waals surface area contributed by atoms with Gasteiger partial charge in [-0.15, -0.1) is 0 Å². The van der Waals surface area contributed by atoms with Gasteiger partial charge in [0.2, 0.25) is 0 Å². The number of hydrogen-bond donors (Lipinski definition) is 0. The molecule has 1 aromatic carbocycles. The van der Waals surface area contributed by atoms with Gasteiger partial charge >= 0.3 is 11.7 Å². The number of carbonyl (C=O) groups is 1. The van der Waals surface area contributed by atoms with E-state index in [0.717, 1.165) is 0 Å². The highest BCUT2D eigenvalue weighted by Crippen LogP contribution is 2.12. The number of nitrogens with zero attached hydrogens (tertiary/aromatic N) is 3. The Hall–Kier alpha value is -3.68. The minimum Gasteiger partial charge on any atom is -0.459 e. The molecule has 8 heteroatoms. The second-order valence-electron chi connectivity index (χ2n) is 5.91. The van der Waals surface area contributed by atoms with Gasteiger partial charge in [-0.1, -0.05) is 18.2 Å². The van der Waals surface area contributed by atoms with Gasteiger partial charge in [-0.2, -0.15) is 0 Å². The zero-order valence-corrected chi connectivity index (χ0v) is 14.2. The molecule has 0 fully saturated rings. The first-order chi connectivity index (χ1) is 13.1. The van der Waals surface area contributed by atoms with Crippen molar-refractivity contribution in [2.45, 2.75) is 19.6 Å². The van der Waals surface area contributed by atoms with Crippen molar-refractivity contribution in [2.75, 3.05) is 0 Å². The summed E-state index contributed by atoms with van der Waals surface area (Å²) in [6, 6.07) is 13.5. The van der Waals surface area contributed by atoms with Gasteiger partial charge in [0.15, 0.2) is 5.58 Å². The molecule has 0 amide bonds. The van der Waals surface area contributed by atoms with E-state index in [1.807, 2.05) is 0 Å². The summed E-state index contributed by atoms with van der Waals surface area (Å²) in [4.78, 5) is 40.2. The molecule has 4 rings (SSSR count). The Morgan fingerprint density at radius 1 is 1.11 bits per heavy atom. The SMILES string of the molecule is O=C(CCn1c(=O)oc2ccccc21)OCc1cc(=O)n2ccccc2n1. The fraction of sp³-hybridized carbons (Fsp3) is 0.158. The minimum atomic E-state index is -0.520. The van der Waals surface area contributed by atoms with Crippen molar-refractivity contribution in [3.05, 3.63) is 81.3 Å². The number of ether oxygens (including phenoxy) is 1. The number of carbonyl (C=O) groups excluding carboxylic acids is 1. The van der Waals surface area contributed by atoms with E-state index in [4.69, 9.17) is 9.15 Å². The maximum atomic E-state index is 12.0. The number of fused-ring (bicyclic) bond motifs is 2. The standard InChI is InChI=1S/C19H15N3O5/c23-17-11-13(20-16-7-3-4-9-22(16)17)12-26-18(24)8-10-21-14-5-1-2-6-15(14)27-19(21)25/h1-7,9,11H,8,10,12H2. The quantitative estimate of drug-likeness (QED) is 0.500. The number of aryl methyl sites for hydroxylation is 1. The van der Waals surface area contributed by atoms with Crippen LogP contribution in [0.1, 0.15) is 12.1 Å². The molecule has 0 unspecified atom stereocenters. The first-order valence-electron chi connectivity index (χ1n) is 8.33. The molecule has 0 aliphatic heterocycles. The van der Waals surface area contributed by atoms with E-state index in [1.165, 1.54) is 15.0 Å². The molecule has 0 atom stereocenters. The third kappa shape index (κ3) is 3.37. The summed E-state index contributed by atoms with van der Waals surface area (Å²) < 4.78 is 13.1. The van der Waals surface area contributed by atoms with Gasteiger partial charge in [0.05, 0.1) is 17.6 Å². The highest BCUT2D eigenvalue weighted by Gasteiger charge is 2.12. The van der Waals surface area contributed by atoms with Crippen LogP contribution in [0, 0.1) is 0 Å². The highest BCUT2D eigenvalue weighted by molar-refractivity contribution is 5.73. The lowest BCUT2D eigenvalue weighted by atomic mass is 10.3. The molecular formula is C19H15N3O5. The van der Waals surface area contributed by atoms with Gasteiger partial charge in [0.25, 0.3) is 5.56 Å². The van der Waals surface area contributed by atoms with E-state index < -0.39 is 11.7 Å². The van der Waals surface area contributed by atoms with Crippen LogP contribution >= 0.6 is 0 Å². The van der Waals surface area contributed by atoms with Gasteiger partial charge in [-0.3, -0.25) is 18.6 Å². The fourth-order valence-corrected chi connectivity index (χ4v) is 2.83. The number of benzene rings is 1. The van der Waals surface area contributed by atoms with Crippen LogP contribution in [0.5, 0.6) is 0 Å². The van der Waals surface area contributed by atoms with Crippen LogP contribution < -0.4 is 11.3 Å². The van der Waals surface area contributed by atoms with Crippen molar-refractivity contribution >= 4 is 22.7 Å². The first kappa shape index (κ1) is 16.8. The van der Waals surface area contributed by atoms with Crippen LogP contribution in [-0.2, 0) is 22.7 Å². The molecule has 0 N–H and O–H groups in total. The molecule has 8 nitrogen and oxygen atoms in total. The predicted octanol–water partition coefficient (Wildman–Crippen LogP) is 1.74. The second-order valence-corrected chi connectivity index (χ2v) is 5.91. The lowest BCUT2D eigenvalue weighted by Crippen LogP contribution is -2.18. The van der Waals surface area contributed by atoms with E-state index in [0.29, 0.717) is 22.4 Å². The van der Waals surface area contributed by atoms with Crippen molar-refractivity contribution in [3.8, 4) is 0 Å². The Morgan fingerprint density at radius 2 is 1.93 bits per heavy atom. The number of para-hydroxylation sites is 2. The monoisotopic (exact) mass is 365 g/mol. The summed E-state index contributed by atoms with van der Waals surface area (Å²) in [6.45, 7) is 0.0307. The molecule has 0 radical (unpaired) electrons. The molecule has 0 saturated carbocycles. The van der Waals surface area contributed by atoms with E-state index in [9.17, 15) is 14.4 Å². The van der Waals surface area contributed by atoms with E-state index in [-0.39, 0.29) is 25.1 Å². The van der Waals surface area contributed by atoms with Gasteiger partial charge < -0.3 is 9.15 Å². The van der Waals surface area contributed by atoms with Gasteiger partial charge in [0, 0.05) is 18.8 Å². The largest absolute Gasteiger partial charge is 0.459 e. The summed E-state index contributed by atoms with van der Waals surface area (Å²) >= 11 is 0. The summed E-state index contributed by atoms with van der Waals surface area (Å²) in [5.41, 5.74) is 1.69. The second kappa shape index (κ2) is 6.91. The molecular weight excluding hydrogens is 350 g/mol. The minimum absolute atomic E-state index is 0.00397. The summed E-state index contributed by atoms with van der Waals surface area (Å²) in [6.07, 6.45) is 1.61. The number of aromatic nitrogens is 3. The Balaban J connectivity index is 1.42. The van der Waals surface area contributed by atoms with Crippen LogP contribution in [0.25, 0.3) is 16.7 Å². The van der Waals surface area contributed by atoms with Gasteiger partial charge in [-0.05, 0) is 24.3 Å².